The second kappa shape index (κ2) is 8.99. The first-order valence-corrected chi connectivity index (χ1v) is 10.0. The van der Waals surface area contributed by atoms with Gasteiger partial charge in [-0.25, -0.2) is 4.98 Å². The van der Waals surface area contributed by atoms with Crippen molar-refractivity contribution in [3.63, 3.8) is 0 Å². The molecule has 0 radical (unpaired) electrons. The monoisotopic (exact) mass is 388 g/mol. The second-order valence-electron chi connectivity index (χ2n) is 6.97. The average molecular weight is 388 g/mol. The number of carboxylic acid groups (broad SMARTS) is 1. The number of amides is 1. The molecule has 2 N–H and O–H groups in total. The first kappa shape index (κ1) is 19.4. The molecule has 1 heterocycles. The zero-order chi connectivity index (χ0) is 19.2. The van der Waals surface area contributed by atoms with Crippen LogP contribution in [0.4, 0.5) is 0 Å². The molecule has 27 heavy (non-hydrogen) atoms. The van der Waals surface area contributed by atoms with Gasteiger partial charge in [0.25, 0.3) is 0 Å². The molecule has 0 atom stereocenters. The lowest BCUT2D eigenvalue weighted by Gasteiger charge is -2.26. The number of carboxylic acids is 1. The summed E-state index contributed by atoms with van der Waals surface area (Å²) in [6.07, 6.45) is 2.92. The van der Waals surface area contributed by atoms with Crippen LogP contribution in [-0.2, 0) is 22.6 Å². The molecule has 0 saturated heterocycles. The van der Waals surface area contributed by atoms with E-state index in [2.05, 4.69) is 10.3 Å². The number of benzene rings is 1. The SMILES string of the molecule is Cc1ccc(OCc2nc(CC(=O)NC3CCC(C(=O)O)CC3)cs2)cc1. The van der Waals surface area contributed by atoms with E-state index >= 15 is 0 Å². The van der Waals surface area contributed by atoms with Crippen LogP contribution >= 0.6 is 11.3 Å². The van der Waals surface area contributed by atoms with E-state index in [1.807, 2.05) is 36.6 Å². The van der Waals surface area contributed by atoms with Crippen molar-refractivity contribution in [1.82, 2.24) is 10.3 Å². The number of ether oxygens (including phenoxy) is 1. The summed E-state index contributed by atoms with van der Waals surface area (Å²) >= 11 is 1.48. The number of hydrogen-bond donors (Lipinski definition) is 2. The first-order valence-electron chi connectivity index (χ1n) is 9.14. The Morgan fingerprint density at radius 3 is 2.59 bits per heavy atom. The molecule has 3 rings (SSSR count). The van der Waals surface area contributed by atoms with Crippen LogP contribution in [0.3, 0.4) is 0 Å². The molecule has 1 aromatic heterocycles. The number of carbonyl (C=O) groups excluding carboxylic acids is 1. The molecule has 1 aromatic carbocycles. The number of rotatable bonds is 7. The van der Waals surface area contributed by atoms with E-state index in [9.17, 15) is 9.59 Å². The maximum atomic E-state index is 12.2. The van der Waals surface area contributed by atoms with Crippen LogP contribution in [-0.4, -0.2) is 28.0 Å². The Morgan fingerprint density at radius 2 is 1.93 bits per heavy atom. The van der Waals surface area contributed by atoms with Crippen molar-refractivity contribution in [1.29, 1.82) is 0 Å². The summed E-state index contributed by atoms with van der Waals surface area (Å²) in [5.41, 5.74) is 1.92. The molecular weight excluding hydrogens is 364 g/mol. The Morgan fingerprint density at radius 1 is 1.22 bits per heavy atom. The zero-order valence-corrected chi connectivity index (χ0v) is 16.1. The van der Waals surface area contributed by atoms with E-state index in [0.29, 0.717) is 19.4 Å². The Kier molecular flexibility index (Phi) is 6.45. The predicted molar refractivity (Wildman–Crippen MR) is 103 cm³/mol. The number of aromatic nitrogens is 1. The van der Waals surface area contributed by atoms with Gasteiger partial charge in [-0.15, -0.1) is 11.3 Å². The Hall–Kier alpha value is -2.41. The van der Waals surface area contributed by atoms with Crippen molar-refractivity contribution in [2.24, 2.45) is 5.92 Å². The van der Waals surface area contributed by atoms with E-state index in [-0.39, 0.29) is 24.3 Å². The number of nitrogens with one attached hydrogen (secondary N) is 1. The van der Waals surface area contributed by atoms with Crippen LogP contribution in [0.5, 0.6) is 5.75 Å². The van der Waals surface area contributed by atoms with Crippen LogP contribution in [0.15, 0.2) is 29.6 Å². The molecule has 0 unspecified atom stereocenters. The van der Waals surface area contributed by atoms with Crippen LogP contribution in [0.2, 0.25) is 0 Å². The fourth-order valence-corrected chi connectivity index (χ4v) is 3.91. The molecule has 1 amide bonds. The van der Waals surface area contributed by atoms with Gasteiger partial charge in [-0.05, 0) is 44.7 Å². The Balaban J connectivity index is 1.42. The van der Waals surface area contributed by atoms with Gasteiger partial charge in [0.05, 0.1) is 18.0 Å². The molecule has 0 aliphatic heterocycles. The number of thiazole rings is 1. The highest BCUT2D eigenvalue weighted by molar-refractivity contribution is 7.09. The quantitative estimate of drug-likeness (QED) is 0.759. The maximum absolute atomic E-state index is 12.2. The van der Waals surface area contributed by atoms with Gasteiger partial charge in [0.1, 0.15) is 17.4 Å². The lowest BCUT2D eigenvalue weighted by atomic mass is 9.86. The van der Waals surface area contributed by atoms with Crippen LogP contribution < -0.4 is 10.1 Å². The molecule has 1 saturated carbocycles. The molecule has 1 aliphatic rings. The summed E-state index contributed by atoms with van der Waals surface area (Å²) < 4.78 is 5.72. The zero-order valence-electron chi connectivity index (χ0n) is 15.3. The lowest BCUT2D eigenvalue weighted by molar-refractivity contribution is -0.142. The molecule has 0 spiro atoms. The van der Waals surface area contributed by atoms with E-state index in [1.54, 1.807) is 0 Å². The predicted octanol–water partition coefficient (Wildman–Crippen LogP) is 3.33. The molecule has 1 fully saturated rings. The van der Waals surface area contributed by atoms with Crippen molar-refractivity contribution < 1.29 is 19.4 Å². The Bertz CT molecular complexity index is 780. The minimum Gasteiger partial charge on any atom is -0.486 e. The summed E-state index contributed by atoms with van der Waals surface area (Å²) in [5, 5.41) is 14.7. The standard InChI is InChI=1S/C20H24N2O4S/c1-13-2-8-17(9-3-13)26-11-19-22-16(12-27-19)10-18(23)21-15-6-4-14(5-7-15)20(24)25/h2-3,8-9,12,14-15H,4-7,10-11H2,1H3,(H,21,23)(H,24,25). The normalized spacial score (nSPS) is 19.4. The number of nitrogens with zero attached hydrogens (tertiary/aromatic N) is 1. The third-order valence-corrected chi connectivity index (χ3v) is 5.64. The van der Waals surface area contributed by atoms with Gasteiger partial charge in [-0.1, -0.05) is 17.7 Å². The fourth-order valence-electron chi connectivity index (χ4n) is 3.20. The topological polar surface area (TPSA) is 88.5 Å². The molecular formula is C20H24N2O4S. The van der Waals surface area contributed by atoms with Gasteiger partial charge in [-0.3, -0.25) is 9.59 Å². The van der Waals surface area contributed by atoms with Gasteiger partial charge in [0.2, 0.25) is 5.91 Å². The van der Waals surface area contributed by atoms with E-state index in [0.717, 1.165) is 29.3 Å². The summed E-state index contributed by atoms with van der Waals surface area (Å²) in [6, 6.07) is 7.91. The molecule has 1 aliphatic carbocycles. The second-order valence-corrected chi connectivity index (χ2v) is 7.91. The minimum atomic E-state index is -0.734. The molecule has 7 heteroatoms. The van der Waals surface area contributed by atoms with Gasteiger partial charge in [0.15, 0.2) is 0 Å². The van der Waals surface area contributed by atoms with E-state index in [4.69, 9.17) is 9.84 Å². The van der Waals surface area contributed by atoms with Gasteiger partial charge >= 0.3 is 5.97 Å². The highest BCUT2D eigenvalue weighted by Gasteiger charge is 2.26. The average Bonchev–Trinajstić information content (AvgIpc) is 3.09. The van der Waals surface area contributed by atoms with Crippen molar-refractivity contribution in [2.45, 2.75) is 51.7 Å². The van der Waals surface area contributed by atoms with Crippen LogP contribution in [0.25, 0.3) is 0 Å². The Labute approximate surface area is 162 Å². The largest absolute Gasteiger partial charge is 0.486 e. The van der Waals surface area contributed by atoms with E-state index in [1.165, 1.54) is 16.9 Å². The lowest BCUT2D eigenvalue weighted by Crippen LogP contribution is -2.39. The number of aryl methyl sites for hydroxylation is 1. The maximum Gasteiger partial charge on any atom is 0.306 e. The first-order chi connectivity index (χ1) is 13.0. The van der Waals surface area contributed by atoms with Crippen molar-refractivity contribution >= 4 is 23.2 Å². The van der Waals surface area contributed by atoms with Crippen LogP contribution in [0.1, 0.15) is 41.9 Å². The molecule has 0 bridgehead atoms. The summed E-state index contributed by atoms with van der Waals surface area (Å²) in [4.78, 5) is 27.7. The van der Waals surface area contributed by atoms with Gasteiger partial charge in [-0.2, -0.15) is 0 Å². The smallest absolute Gasteiger partial charge is 0.306 e. The van der Waals surface area contributed by atoms with Gasteiger partial charge < -0.3 is 15.2 Å². The molecule has 144 valence electrons. The molecule has 2 aromatic rings. The fraction of sp³-hybridized carbons (Fsp3) is 0.450. The summed E-state index contributed by atoms with van der Waals surface area (Å²) in [5.74, 6) is -0.271. The summed E-state index contributed by atoms with van der Waals surface area (Å²) in [7, 11) is 0. The third-order valence-electron chi connectivity index (χ3n) is 4.77. The minimum absolute atomic E-state index is 0.0647. The van der Waals surface area contributed by atoms with Crippen molar-refractivity contribution in [3.8, 4) is 5.75 Å². The van der Waals surface area contributed by atoms with E-state index < -0.39 is 5.97 Å². The highest BCUT2D eigenvalue weighted by Crippen LogP contribution is 2.24. The van der Waals surface area contributed by atoms with Gasteiger partial charge in [0, 0.05) is 11.4 Å². The van der Waals surface area contributed by atoms with Crippen molar-refractivity contribution in [2.75, 3.05) is 0 Å². The summed E-state index contributed by atoms with van der Waals surface area (Å²) in [6.45, 7) is 2.41. The number of hydrogen-bond acceptors (Lipinski definition) is 5. The van der Waals surface area contributed by atoms with Crippen molar-refractivity contribution in [3.05, 3.63) is 45.9 Å². The third kappa shape index (κ3) is 5.79. The highest BCUT2D eigenvalue weighted by atomic mass is 32.1. The van der Waals surface area contributed by atoms with Crippen LogP contribution in [0, 0.1) is 12.8 Å². The molecule has 6 nitrogen and oxygen atoms in total. The number of aliphatic carboxylic acids is 1. The number of carbonyl (C=O) groups is 2.